The Labute approximate surface area is 112 Å². The predicted molar refractivity (Wildman–Crippen MR) is 76.8 cm³/mol. The molecule has 0 bridgehead atoms. The summed E-state index contributed by atoms with van der Waals surface area (Å²) in [6.07, 6.45) is 0. The number of hydrogen-bond acceptors (Lipinski definition) is 3. The normalized spacial score (nSPS) is 10.9. The van der Waals surface area contributed by atoms with Gasteiger partial charge in [-0.3, -0.25) is 4.79 Å². The second kappa shape index (κ2) is 4.15. The highest BCUT2D eigenvalue weighted by molar-refractivity contribution is 7.14. The summed E-state index contributed by atoms with van der Waals surface area (Å²) in [4.78, 5) is 12.3. The van der Waals surface area contributed by atoms with E-state index in [1.54, 1.807) is 22.2 Å². The molecule has 3 nitrogen and oxygen atoms in total. The number of benzene rings is 2. The van der Waals surface area contributed by atoms with Gasteiger partial charge < -0.3 is 5.73 Å². The van der Waals surface area contributed by atoms with Crippen molar-refractivity contribution in [2.24, 2.45) is 0 Å². The van der Waals surface area contributed by atoms with Gasteiger partial charge in [0.1, 0.15) is 0 Å². The van der Waals surface area contributed by atoms with E-state index in [-0.39, 0.29) is 5.56 Å². The zero-order valence-corrected chi connectivity index (χ0v) is 10.8. The van der Waals surface area contributed by atoms with Crippen LogP contribution in [-0.2, 0) is 0 Å². The summed E-state index contributed by atoms with van der Waals surface area (Å²) < 4.78 is 2.51. The first-order valence-corrected chi connectivity index (χ1v) is 6.48. The van der Waals surface area contributed by atoms with Gasteiger partial charge in [-0.05, 0) is 30.3 Å². The van der Waals surface area contributed by atoms with E-state index in [4.69, 9.17) is 17.3 Å². The summed E-state index contributed by atoms with van der Waals surface area (Å²) in [6.45, 7) is 0. The van der Waals surface area contributed by atoms with Crippen molar-refractivity contribution in [1.29, 1.82) is 0 Å². The molecule has 0 saturated carbocycles. The van der Waals surface area contributed by atoms with Crippen LogP contribution in [0.4, 0.5) is 5.69 Å². The molecule has 0 fully saturated rings. The van der Waals surface area contributed by atoms with Gasteiger partial charge in [0, 0.05) is 5.02 Å². The summed E-state index contributed by atoms with van der Waals surface area (Å²) in [6, 6.07) is 12.6. The molecule has 2 N–H and O–H groups in total. The van der Waals surface area contributed by atoms with Crippen LogP contribution in [-0.4, -0.2) is 3.96 Å². The lowest BCUT2D eigenvalue weighted by Crippen LogP contribution is -2.12. The van der Waals surface area contributed by atoms with Gasteiger partial charge in [0.25, 0.3) is 5.56 Å². The average molecular weight is 277 g/mol. The highest BCUT2D eigenvalue weighted by atomic mass is 35.5. The minimum atomic E-state index is -0.0652. The number of hydrogen-bond donors (Lipinski definition) is 1. The number of nitrogen functional groups attached to an aromatic ring is 1. The van der Waals surface area contributed by atoms with Gasteiger partial charge in [-0.25, -0.2) is 3.96 Å². The summed E-state index contributed by atoms with van der Waals surface area (Å²) in [5, 5.41) is 1.26. The highest BCUT2D eigenvalue weighted by Crippen LogP contribution is 2.25. The van der Waals surface area contributed by atoms with E-state index in [1.165, 1.54) is 11.5 Å². The first-order chi connectivity index (χ1) is 8.66. The zero-order valence-electron chi connectivity index (χ0n) is 9.26. The van der Waals surface area contributed by atoms with Crippen LogP contribution < -0.4 is 11.3 Å². The van der Waals surface area contributed by atoms with Crippen molar-refractivity contribution < 1.29 is 0 Å². The van der Waals surface area contributed by atoms with E-state index >= 15 is 0 Å². The average Bonchev–Trinajstić information content (AvgIpc) is 2.71. The van der Waals surface area contributed by atoms with Gasteiger partial charge in [-0.1, -0.05) is 35.3 Å². The van der Waals surface area contributed by atoms with Gasteiger partial charge in [0.15, 0.2) is 0 Å². The number of nitrogens with zero attached hydrogens (tertiary/aromatic N) is 1. The van der Waals surface area contributed by atoms with Crippen LogP contribution in [0.15, 0.2) is 47.3 Å². The molecule has 18 heavy (non-hydrogen) atoms. The minimum absolute atomic E-state index is 0.0652. The lowest BCUT2D eigenvalue weighted by atomic mass is 10.2. The van der Waals surface area contributed by atoms with Gasteiger partial charge >= 0.3 is 0 Å². The topological polar surface area (TPSA) is 48.0 Å². The third-order valence-electron chi connectivity index (χ3n) is 2.70. The summed E-state index contributed by atoms with van der Waals surface area (Å²) in [5.74, 6) is 0. The first kappa shape index (κ1) is 11.3. The van der Waals surface area contributed by atoms with E-state index in [1.807, 2.05) is 24.3 Å². The van der Waals surface area contributed by atoms with Crippen LogP contribution in [0.5, 0.6) is 0 Å². The molecule has 0 unspecified atom stereocenters. The van der Waals surface area contributed by atoms with Crippen molar-refractivity contribution >= 4 is 38.9 Å². The smallest absolute Gasteiger partial charge is 0.273 e. The molecule has 0 atom stereocenters. The van der Waals surface area contributed by atoms with E-state index < -0.39 is 0 Å². The highest BCUT2D eigenvalue weighted by Gasteiger charge is 2.11. The van der Waals surface area contributed by atoms with Gasteiger partial charge in [0.05, 0.1) is 21.5 Å². The third-order valence-corrected chi connectivity index (χ3v) is 4.04. The number of anilines is 1. The number of nitrogens with two attached hydrogens (primary N) is 1. The van der Waals surface area contributed by atoms with E-state index in [9.17, 15) is 4.79 Å². The van der Waals surface area contributed by atoms with Crippen molar-refractivity contribution in [2.45, 2.75) is 0 Å². The van der Waals surface area contributed by atoms with Gasteiger partial charge in [-0.2, -0.15) is 0 Å². The second-order valence-corrected chi connectivity index (χ2v) is 5.31. The Morgan fingerprint density at radius 2 is 1.94 bits per heavy atom. The molecule has 0 amide bonds. The van der Waals surface area contributed by atoms with E-state index in [2.05, 4.69) is 0 Å². The molecule has 1 aromatic heterocycles. The van der Waals surface area contributed by atoms with Crippen LogP contribution in [0.3, 0.4) is 0 Å². The maximum absolute atomic E-state index is 12.3. The Balaban J connectivity index is 2.35. The third kappa shape index (κ3) is 1.70. The van der Waals surface area contributed by atoms with Crippen molar-refractivity contribution in [3.63, 3.8) is 0 Å². The SMILES string of the molecule is Nc1ccc(Cl)cc1-n1sc2ccccc2c1=O. The number of halogens is 1. The first-order valence-electron chi connectivity index (χ1n) is 5.33. The second-order valence-electron chi connectivity index (χ2n) is 3.89. The fourth-order valence-corrected chi connectivity index (χ4v) is 3.02. The molecule has 0 aliphatic rings. The molecule has 0 aliphatic carbocycles. The molecule has 0 radical (unpaired) electrons. The fraction of sp³-hybridized carbons (Fsp3) is 0. The molecule has 0 aliphatic heterocycles. The summed E-state index contributed by atoms with van der Waals surface area (Å²) in [5.41, 5.74) is 7.00. The zero-order chi connectivity index (χ0) is 12.7. The minimum Gasteiger partial charge on any atom is -0.397 e. The van der Waals surface area contributed by atoms with Crippen molar-refractivity contribution in [1.82, 2.24) is 3.96 Å². The molecular weight excluding hydrogens is 268 g/mol. The van der Waals surface area contributed by atoms with E-state index in [0.717, 1.165) is 4.70 Å². The molecule has 3 aromatic rings. The number of aromatic nitrogens is 1. The maximum Gasteiger partial charge on any atom is 0.273 e. The lowest BCUT2D eigenvalue weighted by Gasteiger charge is -2.04. The molecule has 5 heteroatoms. The van der Waals surface area contributed by atoms with Crippen LogP contribution in [0.25, 0.3) is 15.8 Å². The van der Waals surface area contributed by atoms with Gasteiger partial charge in [0.2, 0.25) is 0 Å². The standard InChI is InChI=1S/C13H9ClN2OS/c14-8-5-6-10(15)11(7-8)16-13(17)9-3-1-2-4-12(9)18-16/h1-7H,15H2. The predicted octanol–water partition coefficient (Wildman–Crippen LogP) is 3.29. The van der Waals surface area contributed by atoms with Crippen molar-refractivity contribution in [3.8, 4) is 5.69 Å². The molecule has 0 spiro atoms. The van der Waals surface area contributed by atoms with Crippen LogP contribution in [0.1, 0.15) is 0 Å². The quantitative estimate of drug-likeness (QED) is 0.693. The monoisotopic (exact) mass is 276 g/mol. The molecule has 1 heterocycles. The Morgan fingerprint density at radius 1 is 1.17 bits per heavy atom. The Bertz CT molecular complexity index is 791. The maximum atomic E-state index is 12.3. The molecule has 90 valence electrons. The summed E-state index contributed by atoms with van der Waals surface area (Å²) >= 11 is 7.32. The number of rotatable bonds is 1. The Morgan fingerprint density at radius 3 is 2.72 bits per heavy atom. The van der Waals surface area contributed by atoms with Gasteiger partial charge in [-0.15, -0.1) is 0 Å². The molecule has 3 rings (SSSR count). The largest absolute Gasteiger partial charge is 0.397 e. The Kier molecular flexibility index (Phi) is 2.61. The van der Waals surface area contributed by atoms with Crippen molar-refractivity contribution in [2.75, 3.05) is 5.73 Å². The van der Waals surface area contributed by atoms with Crippen molar-refractivity contribution in [3.05, 3.63) is 57.8 Å². The molecule has 0 saturated heterocycles. The fourth-order valence-electron chi connectivity index (χ4n) is 1.82. The lowest BCUT2D eigenvalue weighted by molar-refractivity contribution is 1.15. The van der Waals surface area contributed by atoms with Crippen LogP contribution in [0.2, 0.25) is 5.02 Å². The van der Waals surface area contributed by atoms with Crippen LogP contribution >= 0.6 is 23.1 Å². The Hall–Kier alpha value is -1.78. The molecule has 2 aromatic carbocycles. The summed E-state index contributed by atoms with van der Waals surface area (Å²) in [7, 11) is 0. The number of fused-ring (bicyclic) bond motifs is 1. The molecular formula is C13H9ClN2OS. The van der Waals surface area contributed by atoms with E-state index in [0.29, 0.717) is 21.8 Å². The van der Waals surface area contributed by atoms with Crippen LogP contribution in [0, 0.1) is 0 Å².